The first-order chi connectivity index (χ1) is 26.3. The third kappa shape index (κ3) is 3.83. The molecule has 246 valence electrons. The fraction of sp³-hybridized carbons (Fsp3) is 0.0204. The predicted molar refractivity (Wildman–Crippen MR) is 221 cm³/mol. The third-order valence-electron chi connectivity index (χ3n) is 11.6. The molecule has 0 radical (unpaired) electrons. The number of hydrogen-bond acceptors (Lipinski definition) is 3. The number of rotatable bonds is 2. The summed E-state index contributed by atoms with van der Waals surface area (Å²) in [6.07, 6.45) is 10.3. The van der Waals surface area contributed by atoms with Crippen LogP contribution in [-0.4, -0.2) is 14.5 Å². The van der Waals surface area contributed by atoms with Crippen molar-refractivity contribution in [2.45, 2.75) is 5.41 Å². The minimum absolute atomic E-state index is 0.509. The Morgan fingerprint density at radius 2 is 1.28 bits per heavy atom. The molecule has 6 aromatic carbocycles. The van der Waals surface area contributed by atoms with E-state index in [0.717, 1.165) is 27.6 Å². The molecule has 2 aliphatic rings. The number of pyridine rings is 2. The highest BCUT2D eigenvalue weighted by atomic mass is 32.1. The van der Waals surface area contributed by atoms with Gasteiger partial charge in [-0.15, -0.1) is 11.3 Å². The Labute approximate surface area is 309 Å². The Morgan fingerprint density at radius 3 is 2.21 bits per heavy atom. The van der Waals surface area contributed by atoms with Crippen molar-refractivity contribution in [1.29, 1.82) is 0 Å². The second kappa shape index (κ2) is 10.7. The molecule has 10 aromatic rings. The Kier molecular flexibility index (Phi) is 5.86. The van der Waals surface area contributed by atoms with Gasteiger partial charge in [-0.3, -0.25) is 9.55 Å². The second-order valence-electron chi connectivity index (χ2n) is 14.1. The van der Waals surface area contributed by atoms with Gasteiger partial charge in [-0.1, -0.05) is 115 Å². The number of aromatic nitrogens is 3. The highest BCUT2D eigenvalue weighted by Gasteiger charge is 2.49. The molecule has 4 heteroatoms. The van der Waals surface area contributed by atoms with Crippen molar-refractivity contribution in [1.82, 2.24) is 14.5 Å². The van der Waals surface area contributed by atoms with E-state index in [1.54, 1.807) is 0 Å². The average molecular weight is 692 g/mol. The molecule has 12 rings (SSSR count). The first-order valence-electron chi connectivity index (χ1n) is 18.1. The van der Waals surface area contributed by atoms with Gasteiger partial charge in [0, 0.05) is 55.1 Å². The summed E-state index contributed by atoms with van der Waals surface area (Å²) in [5.74, 6) is 0.898. The molecule has 0 aliphatic heterocycles. The van der Waals surface area contributed by atoms with E-state index >= 15 is 0 Å². The van der Waals surface area contributed by atoms with Crippen molar-refractivity contribution in [3.8, 4) is 28.1 Å². The summed E-state index contributed by atoms with van der Waals surface area (Å²) in [6, 6.07) is 53.9. The van der Waals surface area contributed by atoms with Gasteiger partial charge in [-0.2, -0.15) is 0 Å². The summed E-state index contributed by atoms with van der Waals surface area (Å²) < 4.78 is 4.93. The summed E-state index contributed by atoms with van der Waals surface area (Å²) in [6.45, 7) is 0. The van der Waals surface area contributed by atoms with Crippen molar-refractivity contribution in [3.05, 3.63) is 198 Å². The van der Waals surface area contributed by atoms with Crippen LogP contribution in [0.4, 0.5) is 0 Å². The molecule has 1 atom stereocenters. The fourth-order valence-electron chi connectivity index (χ4n) is 9.42. The van der Waals surface area contributed by atoms with E-state index in [1.807, 2.05) is 42.1 Å². The fourth-order valence-corrected chi connectivity index (χ4v) is 10.7. The highest BCUT2D eigenvalue weighted by Crippen LogP contribution is 2.61. The lowest BCUT2D eigenvalue weighted by atomic mass is 9.65. The number of benzene rings is 6. The number of hydrogen-bond donors (Lipinski definition) is 0. The van der Waals surface area contributed by atoms with Crippen molar-refractivity contribution in [2.24, 2.45) is 0 Å². The van der Waals surface area contributed by atoms with E-state index in [4.69, 9.17) is 4.98 Å². The zero-order valence-electron chi connectivity index (χ0n) is 28.5. The maximum atomic E-state index is 4.72. The van der Waals surface area contributed by atoms with E-state index in [9.17, 15) is 0 Å². The summed E-state index contributed by atoms with van der Waals surface area (Å²) in [7, 11) is 0. The number of thiophene rings is 1. The lowest BCUT2D eigenvalue weighted by Crippen LogP contribution is -2.30. The molecule has 0 bridgehead atoms. The van der Waals surface area contributed by atoms with Gasteiger partial charge < -0.3 is 0 Å². The molecule has 3 nitrogen and oxygen atoms in total. The zero-order chi connectivity index (χ0) is 34.7. The van der Waals surface area contributed by atoms with Crippen molar-refractivity contribution >= 4 is 65.5 Å². The van der Waals surface area contributed by atoms with Crippen molar-refractivity contribution in [3.63, 3.8) is 0 Å². The molecular formula is C49H29N3S. The van der Waals surface area contributed by atoms with Crippen LogP contribution in [0.1, 0.15) is 33.4 Å². The zero-order valence-corrected chi connectivity index (χ0v) is 29.3. The lowest BCUT2D eigenvalue weighted by Gasteiger charge is -2.35. The molecule has 0 saturated carbocycles. The van der Waals surface area contributed by atoms with Crippen LogP contribution in [0.3, 0.4) is 0 Å². The molecule has 4 aromatic heterocycles. The standard InChI is InChI=1S/C49H29N3S/c1-4-12-39-30(9-1)16-17-31-18-19-33(32-20-23-43-37(27-32)38-29-50-26-24-44(38)52(43)46-15-7-8-25-51-46)28-42(31)49(39)40-13-5-2-11-36(40)47-41(49)22-21-35-34-10-3-6-14-45(34)53-48(35)47/h1-29H. The quantitative estimate of drug-likeness (QED) is 0.181. The second-order valence-corrected chi connectivity index (χ2v) is 15.2. The van der Waals surface area contributed by atoms with Crippen LogP contribution in [0.5, 0.6) is 0 Å². The third-order valence-corrected chi connectivity index (χ3v) is 12.8. The van der Waals surface area contributed by atoms with E-state index in [1.165, 1.54) is 75.8 Å². The Balaban J connectivity index is 1.15. The Bertz CT molecular complexity index is 3180. The van der Waals surface area contributed by atoms with Crippen LogP contribution in [0.2, 0.25) is 0 Å². The molecular weight excluding hydrogens is 663 g/mol. The number of nitrogens with zero attached hydrogens (tertiary/aromatic N) is 3. The normalized spacial score (nSPS) is 15.5. The van der Waals surface area contributed by atoms with Gasteiger partial charge in [-0.25, -0.2) is 4.98 Å². The molecule has 0 saturated heterocycles. The van der Waals surface area contributed by atoms with E-state index in [0.29, 0.717) is 0 Å². The SMILES string of the molecule is C1=Cc2ccc(-c3ccc4c(c3)c3cnccc3n4-c3ccccn3)cc2C2(c3ccccc31)c1ccccc1-c1c2ccc2c1sc1ccccc12. The largest absolute Gasteiger partial charge is 0.294 e. The van der Waals surface area contributed by atoms with Crippen LogP contribution < -0.4 is 0 Å². The highest BCUT2D eigenvalue weighted by molar-refractivity contribution is 7.26. The lowest BCUT2D eigenvalue weighted by molar-refractivity contribution is 0.767. The first kappa shape index (κ1) is 29.0. The van der Waals surface area contributed by atoms with E-state index in [2.05, 4.69) is 155 Å². The summed E-state index contributed by atoms with van der Waals surface area (Å²) in [5.41, 5.74) is 14.6. The van der Waals surface area contributed by atoms with Gasteiger partial charge in [0.15, 0.2) is 0 Å². The van der Waals surface area contributed by atoms with Crippen LogP contribution in [0, 0.1) is 0 Å². The predicted octanol–water partition coefficient (Wildman–Crippen LogP) is 12.5. The van der Waals surface area contributed by atoms with Gasteiger partial charge >= 0.3 is 0 Å². The Hall–Kier alpha value is -6.62. The van der Waals surface area contributed by atoms with Gasteiger partial charge in [0.2, 0.25) is 0 Å². The van der Waals surface area contributed by atoms with Gasteiger partial charge in [-0.05, 0) is 92.5 Å². The molecule has 53 heavy (non-hydrogen) atoms. The minimum Gasteiger partial charge on any atom is -0.294 e. The van der Waals surface area contributed by atoms with Crippen LogP contribution in [0.15, 0.2) is 164 Å². The average Bonchev–Trinajstić information content (AvgIpc) is 3.83. The summed E-state index contributed by atoms with van der Waals surface area (Å²) in [5, 5.41) is 4.94. The van der Waals surface area contributed by atoms with Gasteiger partial charge in [0.25, 0.3) is 0 Å². The van der Waals surface area contributed by atoms with E-state index < -0.39 is 5.41 Å². The monoisotopic (exact) mass is 691 g/mol. The molecule has 1 spiro atoms. The van der Waals surface area contributed by atoms with Crippen LogP contribution in [-0.2, 0) is 5.41 Å². The minimum atomic E-state index is -0.509. The summed E-state index contributed by atoms with van der Waals surface area (Å²) in [4.78, 5) is 9.27. The molecule has 0 fully saturated rings. The maximum absolute atomic E-state index is 4.72. The number of fused-ring (bicyclic) bond motifs is 16. The van der Waals surface area contributed by atoms with Crippen LogP contribution >= 0.6 is 11.3 Å². The molecule has 0 amide bonds. The van der Waals surface area contributed by atoms with Gasteiger partial charge in [0.05, 0.1) is 16.4 Å². The molecule has 0 N–H and O–H groups in total. The van der Waals surface area contributed by atoms with Crippen molar-refractivity contribution in [2.75, 3.05) is 0 Å². The molecule has 4 heterocycles. The van der Waals surface area contributed by atoms with Gasteiger partial charge in [0.1, 0.15) is 5.82 Å². The topological polar surface area (TPSA) is 30.7 Å². The molecule has 1 unspecified atom stereocenters. The van der Waals surface area contributed by atoms with E-state index in [-0.39, 0.29) is 0 Å². The van der Waals surface area contributed by atoms with Crippen LogP contribution in [0.25, 0.3) is 82.2 Å². The maximum Gasteiger partial charge on any atom is 0.137 e. The Morgan fingerprint density at radius 1 is 0.509 bits per heavy atom. The molecule has 2 aliphatic carbocycles. The first-order valence-corrected chi connectivity index (χ1v) is 18.9. The van der Waals surface area contributed by atoms with Crippen molar-refractivity contribution < 1.29 is 0 Å². The summed E-state index contributed by atoms with van der Waals surface area (Å²) >= 11 is 1.92. The smallest absolute Gasteiger partial charge is 0.137 e.